The first-order chi connectivity index (χ1) is 9.75. The topological polar surface area (TPSA) is 58.1 Å². The monoisotopic (exact) mass is 288 g/mol. The number of nitrogens with zero attached hydrogens (tertiary/aromatic N) is 3. The number of benzene rings is 1. The Bertz CT molecular complexity index is 599. The van der Waals surface area contributed by atoms with E-state index in [1.807, 2.05) is 36.6 Å². The molecular formula is C14H16N4OS. The zero-order chi connectivity index (χ0) is 13.9. The summed E-state index contributed by atoms with van der Waals surface area (Å²) in [6.45, 7) is 4.20. The van der Waals surface area contributed by atoms with E-state index in [4.69, 9.17) is 0 Å². The molecule has 0 saturated carbocycles. The van der Waals surface area contributed by atoms with Gasteiger partial charge in [-0.25, -0.2) is 0 Å². The van der Waals surface area contributed by atoms with Gasteiger partial charge in [-0.05, 0) is 29.6 Å². The lowest BCUT2D eigenvalue weighted by molar-refractivity contribution is -0.129. The minimum atomic E-state index is -0.244. The molecule has 1 aromatic carbocycles. The maximum absolute atomic E-state index is 12.3. The highest BCUT2D eigenvalue weighted by Crippen LogP contribution is 2.27. The van der Waals surface area contributed by atoms with Crippen LogP contribution in [0.3, 0.4) is 0 Å². The standard InChI is InChI=1S/C14H16N4OS/c1-10-4-2-3-5-12(10)13-14(19)15-6-7-18(13)8-11-9-20-17-16-11/h2-5,9,13H,6-8H2,1H3,(H,15,19)/t13-/m0/s1. The predicted molar refractivity (Wildman–Crippen MR) is 77.2 cm³/mol. The van der Waals surface area contributed by atoms with Gasteiger partial charge < -0.3 is 5.32 Å². The third-order valence-electron chi connectivity index (χ3n) is 3.57. The lowest BCUT2D eigenvalue weighted by Gasteiger charge is -2.35. The zero-order valence-electron chi connectivity index (χ0n) is 11.2. The molecule has 104 valence electrons. The van der Waals surface area contributed by atoms with E-state index in [2.05, 4.69) is 19.8 Å². The molecular weight excluding hydrogens is 272 g/mol. The summed E-state index contributed by atoms with van der Waals surface area (Å²) >= 11 is 1.34. The summed E-state index contributed by atoms with van der Waals surface area (Å²) in [6.07, 6.45) is 0. The van der Waals surface area contributed by atoms with Crippen LogP contribution >= 0.6 is 11.5 Å². The molecule has 0 unspecified atom stereocenters. The van der Waals surface area contributed by atoms with Crippen LogP contribution in [0.15, 0.2) is 29.6 Å². The second-order valence-corrected chi connectivity index (χ2v) is 5.53. The van der Waals surface area contributed by atoms with Gasteiger partial charge in [-0.2, -0.15) is 0 Å². The number of nitrogens with one attached hydrogen (secondary N) is 1. The molecule has 0 aliphatic carbocycles. The minimum Gasteiger partial charge on any atom is -0.353 e. The quantitative estimate of drug-likeness (QED) is 0.930. The van der Waals surface area contributed by atoms with Crippen molar-refractivity contribution in [3.8, 4) is 0 Å². The maximum atomic E-state index is 12.3. The van der Waals surface area contributed by atoms with E-state index in [0.29, 0.717) is 13.1 Å². The van der Waals surface area contributed by atoms with E-state index in [1.165, 1.54) is 11.5 Å². The van der Waals surface area contributed by atoms with Crippen LogP contribution in [0, 0.1) is 6.92 Å². The van der Waals surface area contributed by atoms with Crippen molar-refractivity contribution in [3.05, 3.63) is 46.5 Å². The van der Waals surface area contributed by atoms with Crippen LogP contribution in [-0.4, -0.2) is 33.5 Å². The van der Waals surface area contributed by atoms with E-state index in [9.17, 15) is 4.79 Å². The maximum Gasteiger partial charge on any atom is 0.242 e. The molecule has 2 aromatic rings. The minimum absolute atomic E-state index is 0.0636. The summed E-state index contributed by atoms with van der Waals surface area (Å²) < 4.78 is 3.89. The highest BCUT2D eigenvalue weighted by Gasteiger charge is 2.32. The molecule has 1 atom stereocenters. The number of rotatable bonds is 3. The molecule has 1 amide bonds. The Hall–Kier alpha value is -1.79. The third kappa shape index (κ3) is 2.57. The van der Waals surface area contributed by atoms with Gasteiger partial charge >= 0.3 is 0 Å². The van der Waals surface area contributed by atoms with Crippen LogP contribution in [0.2, 0.25) is 0 Å². The average Bonchev–Trinajstić information content (AvgIpc) is 2.93. The van der Waals surface area contributed by atoms with E-state index in [1.54, 1.807) is 0 Å². The zero-order valence-corrected chi connectivity index (χ0v) is 12.1. The molecule has 1 N–H and O–H groups in total. The highest BCUT2D eigenvalue weighted by atomic mass is 32.1. The Morgan fingerprint density at radius 1 is 1.45 bits per heavy atom. The van der Waals surface area contributed by atoms with E-state index in [0.717, 1.165) is 23.4 Å². The van der Waals surface area contributed by atoms with E-state index < -0.39 is 0 Å². The van der Waals surface area contributed by atoms with Crippen molar-refractivity contribution in [2.75, 3.05) is 13.1 Å². The smallest absolute Gasteiger partial charge is 0.242 e. The first kappa shape index (κ1) is 13.2. The van der Waals surface area contributed by atoms with Gasteiger partial charge in [0.1, 0.15) is 6.04 Å². The van der Waals surface area contributed by atoms with Gasteiger partial charge in [-0.3, -0.25) is 9.69 Å². The summed E-state index contributed by atoms with van der Waals surface area (Å²) in [4.78, 5) is 14.5. The number of hydrogen-bond acceptors (Lipinski definition) is 5. The van der Waals surface area contributed by atoms with E-state index >= 15 is 0 Å². The predicted octanol–water partition coefficient (Wildman–Crippen LogP) is 1.52. The van der Waals surface area contributed by atoms with Crippen LogP contribution in [0.1, 0.15) is 22.9 Å². The summed E-state index contributed by atoms with van der Waals surface area (Å²) in [5.41, 5.74) is 3.12. The normalized spacial score (nSPS) is 19.9. The Labute approximate surface area is 121 Å². The van der Waals surface area contributed by atoms with Gasteiger partial charge in [-0.1, -0.05) is 28.8 Å². The van der Waals surface area contributed by atoms with E-state index in [-0.39, 0.29) is 11.9 Å². The highest BCUT2D eigenvalue weighted by molar-refractivity contribution is 7.03. The van der Waals surface area contributed by atoms with Gasteiger partial charge in [0.2, 0.25) is 5.91 Å². The van der Waals surface area contributed by atoms with Crippen molar-refractivity contribution >= 4 is 17.4 Å². The van der Waals surface area contributed by atoms with Gasteiger partial charge in [0, 0.05) is 25.0 Å². The van der Waals surface area contributed by atoms with Gasteiger partial charge in [-0.15, -0.1) is 5.10 Å². The summed E-state index contributed by atoms with van der Waals surface area (Å²) in [5, 5.41) is 8.97. The Balaban J connectivity index is 1.91. The van der Waals surface area contributed by atoms with Crippen LogP contribution in [0.4, 0.5) is 0 Å². The summed E-state index contributed by atoms with van der Waals surface area (Å²) in [7, 11) is 0. The van der Waals surface area contributed by atoms with Crippen LogP contribution in [-0.2, 0) is 11.3 Å². The third-order valence-corrected chi connectivity index (χ3v) is 4.12. The molecule has 0 spiro atoms. The summed E-state index contributed by atoms with van der Waals surface area (Å²) in [6, 6.07) is 7.80. The Kier molecular flexibility index (Phi) is 3.75. The molecule has 1 aromatic heterocycles. The molecule has 6 heteroatoms. The van der Waals surface area contributed by atoms with Crippen molar-refractivity contribution in [2.24, 2.45) is 0 Å². The van der Waals surface area contributed by atoms with Crippen LogP contribution in [0.5, 0.6) is 0 Å². The number of aromatic nitrogens is 2. The number of carbonyl (C=O) groups excluding carboxylic acids is 1. The fourth-order valence-electron chi connectivity index (χ4n) is 2.58. The molecule has 2 heterocycles. The van der Waals surface area contributed by atoms with Crippen LogP contribution in [0.25, 0.3) is 0 Å². The lowest BCUT2D eigenvalue weighted by Crippen LogP contribution is -2.49. The van der Waals surface area contributed by atoms with Crippen molar-refractivity contribution in [1.29, 1.82) is 0 Å². The number of hydrogen-bond donors (Lipinski definition) is 1. The number of aryl methyl sites for hydroxylation is 1. The van der Waals surface area contributed by atoms with Gasteiger partial charge in [0.25, 0.3) is 0 Å². The molecule has 1 fully saturated rings. The fourth-order valence-corrected chi connectivity index (χ4v) is 3.02. The Morgan fingerprint density at radius 3 is 3.05 bits per heavy atom. The second kappa shape index (κ2) is 5.68. The largest absolute Gasteiger partial charge is 0.353 e. The Morgan fingerprint density at radius 2 is 2.30 bits per heavy atom. The number of carbonyl (C=O) groups is 1. The fraction of sp³-hybridized carbons (Fsp3) is 0.357. The molecule has 5 nitrogen and oxygen atoms in total. The molecule has 1 aliphatic heterocycles. The molecule has 3 rings (SSSR count). The first-order valence-corrected chi connectivity index (χ1v) is 7.42. The second-order valence-electron chi connectivity index (χ2n) is 4.92. The van der Waals surface area contributed by atoms with Crippen molar-refractivity contribution in [1.82, 2.24) is 19.8 Å². The van der Waals surface area contributed by atoms with Gasteiger partial charge in [0.15, 0.2) is 0 Å². The van der Waals surface area contributed by atoms with Crippen molar-refractivity contribution in [2.45, 2.75) is 19.5 Å². The SMILES string of the molecule is Cc1ccccc1[C@H]1C(=O)NCCN1Cc1csnn1. The van der Waals surface area contributed by atoms with Gasteiger partial charge in [0.05, 0.1) is 5.69 Å². The molecule has 1 saturated heterocycles. The molecule has 0 bridgehead atoms. The molecule has 20 heavy (non-hydrogen) atoms. The number of amides is 1. The summed E-state index contributed by atoms with van der Waals surface area (Å²) in [5.74, 6) is 0.0636. The van der Waals surface area contributed by atoms with Crippen molar-refractivity contribution < 1.29 is 4.79 Å². The van der Waals surface area contributed by atoms with Crippen molar-refractivity contribution in [3.63, 3.8) is 0 Å². The number of piperazine rings is 1. The first-order valence-electron chi connectivity index (χ1n) is 6.59. The molecule has 0 radical (unpaired) electrons. The lowest BCUT2D eigenvalue weighted by atomic mass is 9.97. The average molecular weight is 288 g/mol. The van der Waals surface area contributed by atoms with Crippen LogP contribution < -0.4 is 5.32 Å². The molecule has 1 aliphatic rings.